The van der Waals surface area contributed by atoms with E-state index in [1.165, 1.54) is 34.9 Å². The van der Waals surface area contributed by atoms with Crippen LogP contribution in [0.25, 0.3) is 6.08 Å². The zero-order valence-corrected chi connectivity index (χ0v) is 87.7. The zero-order chi connectivity index (χ0) is 103. The van der Waals surface area contributed by atoms with Crippen molar-refractivity contribution >= 4 is 197 Å². The average molecular weight is 2230 g/mol. The third-order valence-corrected chi connectivity index (χ3v) is 34.1. The molecule has 5 atom stereocenters. The number of carbonyl (C=O) groups excluding carboxylic acids is 10. The SMILES string of the molecule is O=C(/C=C/c1ccco1)N1CCN2C(=O)c3ccccc3CC12c1ccc(Cl)cc1.O=C(c1cccc(Cl)n1)N1CCN2C(=O)c3ccccc3CC12c1ccc(Cl)cc1.O=C(c1cnccc1Cl)N1CCN2C(=O)c3ccccc3CC12c1ccc(Cl)cc1.O=C1c2ccccc2CC2(c3ccc(Cl)cc3)N1CCN2C(=O)c1sccc1Br.O=C1c2ccccc2CC2(c3ccc(Cl)cc3)N1CCN2C(=O)c1sccc1Cl. The monoisotopic (exact) mass is 2220 g/mol. The Hall–Kier alpha value is -13.6. The number of amides is 10. The summed E-state index contributed by atoms with van der Waals surface area (Å²) < 4.78 is 6.08. The number of pyridine rings is 2. The number of aromatic nitrogens is 2. The lowest BCUT2D eigenvalue weighted by Gasteiger charge is -2.47. The summed E-state index contributed by atoms with van der Waals surface area (Å²) in [6, 6.07) is 88.7. The number of thiophene rings is 2. The van der Waals surface area contributed by atoms with Crippen molar-refractivity contribution in [3.05, 3.63) is 482 Å². The van der Waals surface area contributed by atoms with Gasteiger partial charge in [0.05, 0.1) is 21.9 Å². The van der Waals surface area contributed by atoms with Gasteiger partial charge in [-0.3, -0.25) is 52.9 Å². The quantitative estimate of drug-likeness (QED) is 0.0865. The number of halogens is 9. The fraction of sp³-hybridized carbons (Fsp3) is 0.175. The number of hydrogen-bond donors (Lipinski definition) is 0. The molecule has 34 heteroatoms. The molecule has 0 N–H and O–H groups in total. The molecule has 23 nitrogen and oxygen atoms in total. The van der Waals surface area contributed by atoms with E-state index >= 15 is 0 Å². The van der Waals surface area contributed by atoms with Gasteiger partial charge in [0, 0.05) is 173 Å². The van der Waals surface area contributed by atoms with Gasteiger partial charge in [-0.25, -0.2) is 4.98 Å². The lowest BCUT2D eigenvalue weighted by Crippen LogP contribution is -2.58. The van der Waals surface area contributed by atoms with E-state index in [0.717, 1.165) is 60.1 Å². The molecule has 10 amide bonds. The third-order valence-electron chi connectivity index (χ3n) is 29.1. The molecule has 5 unspecified atom stereocenters. The number of carbonyl (C=O) groups is 10. The second-order valence-electron chi connectivity index (χ2n) is 36.6. The van der Waals surface area contributed by atoms with Crippen molar-refractivity contribution in [3.8, 4) is 0 Å². The molecular formula is C114H85BrCl8N12O11S2. The van der Waals surface area contributed by atoms with Gasteiger partial charge in [0.25, 0.3) is 53.2 Å². The first-order valence-electron chi connectivity index (χ1n) is 47.5. The van der Waals surface area contributed by atoms with E-state index in [9.17, 15) is 47.9 Å². The molecule has 0 aliphatic carbocycles. The van der Waals surface area contributed by atoms with Gasteiger partial charge in [-0.2, -0.15) is 0 Å². The minimum atomic E-state index is -0.952. The maximum Gasteiger partial charge on any atom is 0.274 e. The molecule has 0 radical (unpaired) electrons. The molecule has 148 heavy (non-hydrogen) atoms. The summed E-state index contributed by atoms with van der Waals surface area (Å²) in [5.41, 5.74) is 8.41. The fourth-order valence-electron chi connectivity index (χ4n) is 22.5. The van der Waals surface area contributed by atoms with Gasteiger partial charge < -0.3 is 53.4 Å². The number of nitrogens with zero attached hydrogens (tertiary/aromatic N) is 12. The molecule has 5 aromatic heterocycles. The van der Waals surface area contributed by atoms with Gasteiger partial charge in [0.1, 0.15) is 54.7 Å². The normalized spacial score (nSPS) is 20.4. The zero-order valence-electron chi connectivity index (χ0n) is 78.4. The maximum atomic E-state index is 13.6. The van der Waals surface area contributed by atoms with Crippen molar-refractivity contribution in [3.63, 3.8) is 0 Å². The van der Waals surface area contributed by atoms with Crippen LogP contribution in [-0.4, -0.2) is 183 Å². The van der Waals surface area contributed by atoms with Crippen molar-refractivity contribution in [2.24, 2.45) is 0 Å². The molecule has 10 aliphatic heterocycles. The lowest BCUT2D eigenvalue weighted by molar-refractivity contribution is -0.134. The molecule has 0 spiro atoms. The highest BCUT2D eigenvalue weighted by atomic mass is 79.9. The molecule has 5 saturated heterocycles. The summed E-state index contributed by atoms with van der Waals surface area (Å²) in [5.74, 6) is -0.638. The molecule has 742 valence electrons. The Kier molecular flexibility index (Phi) is 27.9. The van der Waals surface area contributed by atoms with Crippen LogP contribution in [0.1, 0.15) is 153 Å². The van der Waals surface area contributed by atoms with Crippen LogP contribution in [0.5, 0.6) is 0 Å². The molecule has 0 saturated carbocycles. The summed E-state index contributed by atoms with van der Waals surface area (Å²) in [6.45, 7) is 4.44. The van der Waals surface area contributed by atoms with E-state index in [-0.39, 0.29) is 69.9 Å². The van der Waals surface area contributed by atoms with Gasteiger partial charge in [0.15, 0.2) is 0 Å². The molecule has 5 fully saturated rings. The molecule has 10 aliphatic rings. The van der Waals surface area contributed by atoms with Crippen LogP contribution >= 0.6 is 131 Å². The van der Waals surface area contributed by atoms with Crippen LogP contribution in [0.3, 0.4) is 0 Å². The van der Waals surface area contributed by atoms with E-state index in [1.54, 1.807) is 144 Å². The minimum Gasteiger partial charge on any atom is -0.465 e. The predicted octanol–water partition coefficient (Wildman–Crippen LogP) is 23.4. The molecule has 10 aromatic carbocycles. The van der Waals surface area contributed by atoms with Crippen molar-refractivity contribution in [2.75, 3.05) is 65.4 Å². The highest BCUT2D eigenvalue weighted by molar-refractivity contribution is 9.10. The summed E-state index contributed by atoms with van der Waals surface area (Å²) in [5, 5.41) is 7.75. The van der Waals surface area contributed by atoms with E-state index in [1.807, 2.05) is 225 Å². The summed E-state index contributed by atoms with van der Waals surface area (Å²) in [4.78, 5) is 162. The standard InChI is InChI=1S/C24H19ClN2O3.2C23H17Cl2N3O2.C22H16BrClN2O2S.C22H16Cl2N2O2S/c25-19-9-7-18(8-10-19)24-16-17-4-1-2-6-21(17)23(29)27(24)14-13-26(24)22(28)12-11-20-5-3-15-30-20;24-17-10-8-16(9-11-17)23-14-15-4-1-2-5-18(15)21(29)27(23)12-13-28(23)22(30)19-6-3-7-20(25)26-19;24-17-7-5-16(6-8-17)23-13-15-3-1-2-4-18(15)21(29)27(23)11-12-28(23)22(30)19-14-26-10-9-20(19)25;23-18-9-12-29-19(18)21(28)26-11-10-25-20(27)17-4-2-1-3-14(17)13-22(25,26)15-5-7-16(24)8-6-15;23-16-7-5-15(6-8-16)22-13-14-3-1-2-4-17(14)20(27)25(22)10-11-26(22)21(28)19-18(24)9-12-29-19/h1-12,15H,13-14,16H2;1-11H,12-14H2;1-10,14H,11-13H2;2*1-9,12H,10-11,13H2/b12-11+;;;;. The Morgan fingerprint density at radius 1 is 0.324 bits per heavy atom. The van der Waals surface area contributed by atoms with Crippen LogP contribution in [-0.2, 0) is 65.2 Å². The van der Waals surface area contributed by atoms with Gasteiger partial charge in [0.2, 0.25) is 5.91 Å². The topological polar surface area (TPSA) is 242 Å². The Bertz CT molecular complexity index is 7670. The van der Waals surface area contributed by atoms with Crippen LogP contribution in [0, 0.1) is 0 Å². The number of furan rings is 1. The molecule has 15 aromatic rings. The van der Waals surface area contributed by atoms with E-state index in [2.05, 4.69) is 25.9 Å². The van der Waals surface area contributed by atoms with E-state index < -0.39 is 28.3 Å². The predicted molar refractivity (Wildman–Crippen MR) is 575 cm³/mol. The van der Waals surface area contributed by atoms with E-state index in [0.29, 0.717) is 182 Å². The van der Waals surface area contributed by atoms with E-state index in [4.69, 9.17) is 97.2 Å². The smallest absolute Gasteiger partial charge is 0.274 e. The summed E-state index contributed by atoms with van der Waals surface area (Å²) in [7, 11) is 0. The second-order valence-corrected chi connectivity index (χ2v) is 42.7. The van der Waals surface area contributed by atoms with Crippen molar-refractivity contribution < 1.29 is 52.4 Å². The van der Waals surface area contributed by atoms with Crippen LogP contribution < -0.4 is 0 Å². The molecule has 0 bridgehead atoms. The van der Waals surface area contributed by atoms with Crippen LogP contribution in [0.4, 0.5) is 0 Å². The lowest BCUT2D eigenvalue weighted by atomic mass is 9.83. The number of benzene rings is 10. The number of rotatable bonds is 11. The van der Waals surface area contributed by atoms with Crippen molar-refractivity contribution in [1.29, 1.82) is 0 Å². The number of hydrogen-bond acceptors (Lipinski definition) is 15. The number of fused-ring (bicyclic) bond motifs is 10. The second kappa shape index (κ2) is 41.2. The Morgan fingerprint density at radius 3 is 0.973 bits per heavy atom. The van der Waals surface area contributed by atoms with Gasteiger partial charge in [-0.05, 0) is 222 Å². The molecule has 15 heterocycles. The Morgan fingerprint density at radius 2 is 0.649 bits per heavy atom. The first kappa shape index (κ1) is 100. The Labute approximate surface area is 907 Å². The third kappa shape index (κ3) is 17.6. The highest BCUT2D eigenvalue weighted by Gasteiger charge is 2.62. The highest BCUT2D eigenvalue weighted by Crippen LogP contribution is 2.54. The largest absolute Gasteiger partial charge is 0.465 e. The minimum absolute atomic E-state index is 0.0395. The van der Waals surface area contributed by atoms with Crippen LogP contribution in [0.15, 0.2) is 336 Å². The maximum absolute atomic E-state index is 13.6. The first-order valence-corrected chi connectivity index (χ1v) is 53.0. The average Bonchev–Trinajstić information content (AvgIpc) is 1.55. The van der Waals surface area contributed by atoms with Crippen molar-refractivity contribution in [2.45, 2.75) is 60.4 Å². The molecule has 25 rings (SSSR count). The first-order chi connectivity index (χ1) is 71.7. The van der Waals surface area contributed by atoms with Crippen LogP contribution in [0.2, 0.25) is 40.3 Å². The van der Waals surface area contributed by atoms with Gasteiger partial charge >= 0.3 is 0 Å². The van der Waals surface area contributed by atoms with Gasteiger partial charge in [-0.1, -0.05) is 251 Å². The summed E-state index contributed by atoms with van der Waals surface area (Å²) >= 11 is 55.5. The van der Waals surface area contributed by atoms with Crippen molar-refractivity contribution in [1.82, 2.24) is 59.0 Å². The Balaban J connectivity index is 0.000000108. The molecular weight excluding hydrogens is 2140 g/mol. The van der Waals surface area contributed by atoms with Gasteiger partial charge in [-0.15, -0.1) is 22.7 Å². The fourth-order valence-corrected chi connectivity index (χ4v) is 26.0. The summed E-state index contributed by atoms with van der Waals surface area (Å²) in [6.07, 6.45) is 10.3.